The molecular weight excluding hydrogens is 359 g/mol. The molecule has 0 aliphatic rings. The van der Waals surface area contributed by atoms with Gasteiger partial charge in [-0.05, 0) is 59.7 Å². The van der Waals surface area contributed by atoms with E-state index in [1.165, 1.54) is 30.5 Å². The van der Waals surface area contributed by atoms with Gasteiger partial charge in [0.2, 0.25) is 5.91 Å². The molecule has 3 aromatic rings. The number of amides is 1. The molecule has 0 heterocycles. The van der Waals surface area contributed by atoms with E-state index in [9.17, 15) is 14.0 Å². The van der Waals surface area contributed by atoms with E-state index < -0.39 is 11.8 Å². The third-order valence-corrected chi connectivity index (χ3v) is 3.78. The molecule has 28 heavy (non-hydrogen) atoms. The van der Waals surface area contributed by atoms with E-state index in [0.717, 1.165) is 11.1 Å². The zero-order chi connectivity index (χ0) is 19.8. The Balaban J connectivity index is 1.51. The maximum atomic E-state index is 12.9. The van der Waals surface area contributed by atoms with Crippen LogP contribution in [0, 0.1) is 5.82 Å². The van der Waals surface area contributed by atoms with Crippen molar-refractivity contribution in [2.45, 2.75) is 6.42 Å². The van der Waals surface area contributed by atoms with Crippen LogP contribution in [0.25, 0.3) is 0 Å². The largest absolute Gasteiger partial charge is 0.423 e. The summed E-state index contributed by atoms with van der Waals surface area (Å²) < 4.78 is 18.1. The fraction of sp³-hybridized carbons (Fsp3) is 0.0455. The monoisotopic (exact) mass is 376 g/mol. The van der Waals surface area contributed by atoms with Gasteiger partial charge in [0.1, 0.15) is 11.6 Å². The number of halogens is 1. The first-order chi connectivity index (χ1) is 13.6. The van der Waals surface area contributed by atoms with Crippen LogP contribution in [0.15, 0.2) is 84.0 Å². The molecule has 0 spiro atoms. The molecule has 0 aliphatic heterocycles. The summed E-state index contributed by atoms with van der Waals surface area (Å²) in [5.74, 6) is -0.863. The molecule has 3 rings (SSSR count). The highest BCUT2D eigenvalue weighted by Crippen LogP contribution is 2.14. The van der Waals surface area contributed by atoms with Gasteiger partial charge in [-0.15, -0.1) is 0 Å². The molecule has 1 amide bonds. The summed E-state index contributed by atoms with van der Waals surface area (Å²) in [4.78, 5) is 23.8. The van der Waals surface area contributed by atoms with E-state index in [-0.39, 0.29) is 17.9 Å². The fourth-order valence-electron chi connectivity index (χ4n) is 2.37. The Bertz CT molecular complexity index is 969. The Morgan fingerprint density at radius 2 is 1.61 bits per heavy atom. The Morgan fingerprint density at radius 1 is 0.929 bits per heavy atom. The third kappa shape index (κ3) is 5.60. The number of benzene rings is 3. The van der Waals surface area contributed by atoms with Crippen LogP contribution in [0.5, 0.6) is 5.75 Å². The molecule has 1 N–H and O–H groups in total. The summed E-state index contributed by atoms with van der Waals surface area (Å²) in [5, 5.41) is 3.92. The molecular formula is C22H17FN2O3. The molecule has 5 nitrogen and oxygen atoms in total. The van der Waals surface area contributed by atoms with Crippen molar-refractivity contribution in [2.24, 2.45) is 5.10 Å². The second kappa shape index (κ2) is 9.23. The van der Waals surface area contributed by atoms with Crippen molar-refractivity contribution in [2.75, 3.05) is 0 Å². The zero-order valence-corrected chi connectivity index (χ0v) is 14.8. The van der Waals surface area contributed by atoms with Crippen LogP contribution in [0.2, 0.25) is 0 Å². The molecule has 0 radical (unpaired) electrons. The molecule has 0 fully saturated rings. The summed E-state index contributed by atoms with van der Waals surface area (Å²) in [6, 6.07) is 21.1. The standard InChI is InChI=1S/C22H17FN2O3/c23-19-10-8-18(9-11-19)22(27)28-20-12-6-17(7-13-20)15-24-25-21(26)14-16-4-2-1-3-5-16/h1-13,15H,14H2,(H,25,26)/b24-15-. The summed E-state index contributed by atoms with van der Waals surface area (Å²) in [5.41, 5.74) is 4.35. The van der Waals surface area contributed by atoms with Crippen molar-refractivity contribution in [1.29, 1.82) is 0 Å². The predicted molar refractivity (Wildman–Crippen MR) is 104 cm³/mol. The molecule has 0 atom stereocenters. The van der Waals surface area contributed by atoms with Crippen molar-refractivity contribution in [3.05, 3.63) is 101 Å². The Kier molecular flexibility index (Phi) is 6.25. The maximum Gasteiger partial charge on any atom is 0.343 e. The lowest BCUT2D eigenvalue weighted by Gasteiger charge is -2.04. The highest BCUT2D eigenvalue weighted by Gasteiger charge is 2.08. The minimum Gasteiger partial charge on any atom is -0.423 e. The van der Waals surface area contributed by atoms with Crippen molar-refractivity contribution >= 4 is 18.1 Å². The second-order valence-electron chi connectivity index (χ2n) is 5.92. The molecule has 0 saturated carbocycles. The van der Waals surface area contributed by atoms with E-state index >= 15 is 0 Å². The van der Waals surface area contributed by atoms with E-state index in [0.29, 0.717) is 5.75 Å². The number of hydrogen-bond donors (Lipinski definition) is 1. The van der Waals surface area contributed by atoms with Crippen LogP contribution < -0.4 is 10.2 Å². The summed E-state index contributed by atoms with van der Waals surface area (Å²) in [6.45, 7) is 0. The van der Waals surface area contributed by atoms with Gasteiger partial charge in [0, 0.05) is 0 Å². The predicted octanol–water partition coefficient (Wildman–Crippen LogP) is 3.74. The highest BCUT2D eigenvalue weighted by molar-refractivity contribution is 5.91. The van der Waals surface area contributed by atoms with Gasteiger partial charge in [0.25, 0.3) is 0 Å². The van der Waals surface area contributed by atoms with E-state index in [1.54, 1.807) is 24.3 Å². The fourth-order valence-corrected chi connectivity index (χ4v) is 2.37. The van der Waals surface area contributed by atoms with Gasteiger partial charge in [-0.2, -0.15) is 5.10 Å². The maximum absolute atomic E-state index is 12.9. The number of hydrogen-bond acceptors (Lipinski definition) is 4. The van der Waals surface area contributed by atoms with Crippen LogP contribution >= 0.6 is 0 Å². The Labute approximate surface area is 161 Å². The Morgan fingerprint density at radius 3 is 2.29 bits per heavy atom. The van der Waals surface area contributed by atoms with Gasteiger partial charge in [0.15, 0.2) is 0 Å². The number of ether oxygens (including phenoxy) is 1. The third-order valence-electron chi connectivity index (χ3n) is 3.78. The zero-order valence-electron chi connectivity index (χ0n) is 14.8. The number of rotatable bonds is 6. The molecule has 0 bridgehead atoms. The number of esters is 1. The average Bonchev–Trinajstić information content (AvgIpc) is 2.70. The van der Waals surface area contributed by atoms with Crippen molar-refractivity contribution in [3.63, 3.8) is 0 Å². The topological polar surface area (TPSA) is 67.8 Å². The normalized spacial score (nSPS) is 10.6. The highest BCUT2D eigenvalue weighted by atomic mass is 19.1. The van der Waals surface area contributed by atoms with Crippen molar-refractivity contribution in [3.8, 4) is 5.75 Å². The van der Waals surface area contributed by atoms with E-state index in [2.05, 4.69) is 10.5 Å². The molecule has 140 valence electrons. The lowest BCUT2D eigenvalue weighted by molar-refractivity contribution is -0.120. The first-order valence-corrected chi connectivity index (χ1v) is 8.54. The average molecular weight is 376 g/mol. The van der Waals surface area contributed by atoms with Gasteiger partial charge in [-0.1, -0.05) is 30.3 Å². The minimum atomic E-state index is -0.574. The van der Waals surface area contributed by atoms with Crippen molar-refractivity contribution < 1.29 is 18.7 Å². The number of carbonyl (C=O) groups excluding carboxylic acids is 2. The first kappa shape index (κ1) is 19.0. The van der Waals surface area contributed by atoms with Crippen molar-refractivity contribution in [1.82, 2.24) is 5.43 Å². The number of nitrogens with zero attached hydrogens (tertiary/aromatic N) is 1. The van der Waals surface area contributed by atoms with Gasteiger partial charge in [-0.25, -0.2) is 14.6 Å². The minimum absolute atomic E-state index is 0.215. The summed E-state index contributed by atoms with van der Waals surface area (Å²) in [6.07, 6.45) is 1.74. The molecule has 3 aromatic carbocycles. The van der Waals surface area contributed by atoms with Crippen LogP contribution in [0.1, 0.15) is 21.5 Å². The Hall–Kier alpha value is -3.80. The van der Waals surface area contributed by atoms with Gasteiger partial charge in [0.05, 0.1) is 18.2 Å². The molecule has 0 aromatic heterocycles. The molecule has 0 unspecified atom stereocenters. The van der Waals surface area contributed by atoms with Gasteiger partial charge >= 0.3 is 5.97 Å². The lowest BCUT2D eigenvalue weighted by Crippen LogP contribution is -2.19. The molecule has 0 saturated heterocycles. The molecule has 6 heteroatoms. The van der Waals surface area contributed by atoms with E-state index in [1.807, 2.05) is 30.3 Å². The van der Waals surface area contributed by atoms with E-state index in [4.69, 9.17) is 4.74 Å². The lowest BCUT2D eigenvalue weighted by atomic mass is 10.1. The smallest absolute Gasteiger partial charge is 0.343 e. The van der Waals surface area contributed by atoms with Crippen LogP contribution in [-0.2, 0) is 11.2 Å². The number of hydrazone groups is 1. The van der Waals surface area contributed by atoms with Crippen LogP contribution in [0.4, 0.5) is 4.39 Å². The number of nitrogens with one attached hydrogen (secondary N) is 1. The second-order valence-corrected chi connectivity index (χ2v) is 5.92. The van der Waals surface area contributed by atoms with Gasteiger partial charge in [-0.3, -0.25) is 4.79 Å². The molecule has 0 aliphatic carbocycles. The van der Waals surface area contributed by atoms with Crippen LogP contribution in [0.3, 0.4) is 0 Å². The quantitative estimate of drug-likeness (QED) is 0.308. The van der Waals surface area contributed by atoms with Crippen LogP contribution in [-0.4, -0.2) is 18.1 Å². The summed E-state index contributed by atoms with van der Waals surface area (Å²) in [7, 11) is 0. The van der Waals surface area contributed by atoms with Gasteiger partial charge < -0.3 is 4.74 Å². The summed E-state index contributed by atoms with van der Waals surface area (Å²) >= 11 is 0. The number of carbonyl (C=O) groups is 2. The first-order valence-electron chi connectivity index (χ1n) is 8.54. The SMILES string of the molecule is O=C(Cc1ccccc1)N/N=C\c1ccc(OC(=O)c2ccc(F)cc2)cc1.